The van der Waals surface area contributed by atoms with Gasteiger partial charge in [-0.1, -0.05) is 25.7 Å². The average Bonchev–Trinajstić information content (AvgIpc) is 2.57. The second-order valence-electron chi connectivity index (χ2n) is 4.88. The highest BCUT2D eigenvalue weighted by Crippen LogP contribution is 2.21. The van der Waals surface area contributed by atoms with Gasteiger partial charge in [0.15, 0.2) is 0 Å². The molecule has 4 heteroatoms. The largest absolute Gasteiger partial charge is 0.395 e. The smallest absolute Gasteiger partial charge is 0.251 e. The molecule has 0 bridgehead atoms. The Balaban J connectivity index is 2.35. The van der Waals surface area contributed by atoms with Gasteiger partial charge in [-0.3, -0.25) is 4.79 Å². The normalized spacial score (nSPS) is 19.7. The monoisotopic (exact) mass is 243 g/mol. The minimum Gasteiger partial charge on any atom is -0.395 e. The Labute approximate surface area is 104 Å². The Morgan fingerprint density at radius 2 is 1.94 bits per heavy atom. The van der Waals surface area contributed by atoms with Gasteiger partial charge in [0.1, 0.15) is 6.10 Å². The number of amides is 1. The quantitative estimate of drug-likeness (QED) is 0.746. The number of ether oxygens (including phenoxy) is 1. The molecule has 17 heavy (non-hydrogen) atoms. The van der Waals surface area contributed by atoms with E-state index >= 15 is 0 Å². The summed E-state index contributed by atoms with van der Waals surface area (Å²) in [6.45, 7) is 2.18. The van der Waals surface area contributed by atoms with Gasteiger partial charge in [-0.25, -0.2) is 0 Å². The van der Waals surface area contributed by atoms with E-state index in [1.807, 2.05) is 0 Å². The van der Waals surface area contributed by atoms with E-state index in [2.05, 4.69) is 0 Å². The van der Waals surface area contributed by atoms with Crippen molar-refractivity contribution in [2.75, 3.05) is 20.2 Å². The summed E-state index contributed by atoms with van der Waals surface area (Å²) in [5.74, 6) is -0.0386. The topological polar surface area (TPSA) is 49.8 Å². The van der Waals surface area contributed by atoms with E-state index in [0.29, 0.717) is 6.54 Å². The van der Waals surface area contributed by atoms with Crippen LogP contribution in [0.25, 0.3) is 0 Å². The van der Waals surface area contributed by atoms with Crippen LogP contribution in [-0.2, 0) is 9.53 Å². The molecule has 0 aromatic rings. The molecule has 1 amide bonds. The predicted octanol–water partition coefficient (Wildman–Crippen LogP) is 1.56. The molecular weight excluding hydrogens is 218 g/mol. The highest BCUT2D eigenvalue weighted by molar-refractivity contribution is 5.80. The zero-order valence-corrected chi connectivity index (χ0v) is 11.0. The molecule has 0 aromatic carbocycles. The van der Waals surface area contributed by atoms with Gasteiger partial charge in [0.25, 0.3) is 5.91 Å². The maximum atomic E-state index is 11.9. The number of hydrogen-bond donors (Lipinski definition) is 1. The molecule has 1 aliphatic rings. The van der Waals surface area contributed by atoms with Crippen LogP contribution in [0.4, 0.5) is 0 Å². The third-order valence-corrected chi connectivity index (χ3v) is 3.36. The van der Waals surface area contributed by atoms with E-state index in [1.165, 1.54) is 30.6 Å². The first-order valence-corrected chi connectivity index (χ1v) is 6.66. The number of rotatable bonds is 5. The summed E-state index contributed by atoms with van der Waals surface area (Å²) in [6.07, 6.45) is 6.96. The lowest BCUT2D eigenvalue weighted by molar-refractivity contribution is -0.145. The van der Waals surface area contributed by atoms with E-state index < -0.39 is 6.10 Å². The summed E-state index contributed by atoms with van der Waals surface area (Å²) in [7, 11) is 1.70. The third-order valence-electron chi connectivity index (χ3n) is 3.36. The van der Waals surface area contributed by atoms with Crippen LogP contribution in [-0.4, -0.2) is 48.3 Å². The number of aliphatic hydroxyl groups is 1. The number of carbonyl (C=O) groups is 1. The minimum atomic E-state index is -0.394. The summed E-state index contributed by atoms with van der Waals surface area (Å²) >= 11 is 0. The second-order valence-corrected chi connectivity index (χ2v) is 4.88. The molecule has 1 saturated carbocycles. The SMILES string of the molecule is CC(OC1CCCCCC1)C(=O)N(C)CCO. The van der Waals surface area contributed by atoms with Crippen LogP contribution in [0.1, 0.15) is 45.4 Å². The Morgan fingerprint density at radius 1 is 1.35 bits per heavy atom. The van der Waals surface area contributed by atoms with Gasteiger partial charge in [-0.15, -0.1) is 0 Å². The van der Waals surface area contributed by atoms with Crippen LogP contribution in [0, 0.1) is 0 Å². The Morgan fingerprint density at radius 3 is 2.47 bits per heavy atom. The van der Waals surface area contributed by atoms with Crippen molar-refractivity contribution in [3.8, 4) is 0 Å². The van der Waals surface area contributed by atoms with Gasteiger partial charge in [0.05, 0.1) is 12.7 Å². The maximum Gasteiger partial charge on any atom is 0.251 e. The molecule has 100 valence electrons. The van der Waals surface area contributed by atoms with E-state index in [9.17, 15) is 4.79 Å². The highest BCUT2D eigenvalue weighted by Gasteiger charge is 2.22. The van der Waals surface area contributed by atoms with Crippen LogP contribution in [0.3, 0.4) is 0 Å². The van der Waals surface area contributed by atoms with Gasteiger partial charge in [-0.2, -0.15) is 0 Å². The fraction of sp³-hybridized carbons (Fsp3) is 0.923. The fourth-order valence-corrected chi connectivity index (χ4v) is 2.30. The second kappa shape index (κ2) is 7.67. The minimum absolute atomic E-state index is 0.00160. The molecule has 1 unspecified atom stereocenters. The summed E-state index contributed by atoms with van der Waals surface area (Å²) in [4.78, 5) is 13.4. The van der Waals surface area contributed by atoms with Gasteiger partial charge in [0.2, 0.25) is 0 Å². The molecule has 4 nitrogen and oxygen atoms in total. The molecule has 0 aromatic heterocycles. The number of aliphatic hydroxyl groups excluding tert-OH is 1. The molecule has 1 fully saturated rings. The van der Waals surface area contributed by atoms with Crippen molar-refractivity contribution >= 4 is 5.91 Å². The van der Waals surface area contributed by atoms with E-state index in [-0.39, 0.29) is 18.6 Å². The van der Waals surface area contributed by atoms with Gasteiger partial charge < -0.3 is 14.7 Å². The molecular formula is C13H25NO3. The predicted molar refractivity (Wildman–Crippen MR) is 66.8 cm³/mol. The van der Waals surface area contributed by atoms with Crippen molar-refractivity contribution in [3.63, 3.8) is 0 Å². The van der Waals surface area contributed by atoms with Crippen molar-refractivity contribution < 1.29 is 14.6 Å². The molecule has 1 aliphatic carbocycles. The van der Waals surface area contributed by atoms with E-state index in [4.69, 9.17) is 9.84 Å². The van der Waals surface area contributed by atoms with Crippen molar-refractivity contribution in [2.45, 2.75) is 57.7 Å². The lowest BCUT2D eigenvalue weighted by Crippen LogP contribution is -2.39. The van der Waals surface area contributed by atoms with Crippen LogP contribution in [0.15, 0.2) is 0 Å². The van der Waals surface area contributed by atoms with Gasteiger partial charge >= 0.3 is 0 Å². The number of likely N-dealkylation sites (N-methyl/N-ethyl adjacent to an activating group) is 1. The van der Waals surface area contributed by atoms with Gasteiger partial charge in [0, 0.05) is 13.6 Å². The van der Waals surface area contributed by atoms with Crippen molar-refractivity contribution in [2.24, 2.45) is 0 Å². The fourth-order valence-electron chi connectivity index (χ4n) is 2.30. The summed E-state index contributed by atoms with van der Waals surface area (Å²) in [5.41, 5.74) is 0. The maximum absolute atomic E-state index is 11.9. The molecule has 0 spiro atoms. The van der Waals surface area contributed by atoms with Crippen LogP contribution >= 0.6 is 0 Å². The first kappa shape index (κ1) is 14.5. The van der Waals surface area contributed by atoms with Crippen molar-refractivity contribution in [1.82, 2.24) is 4.90 Å². The standard InChI is InChI=1S/C13H25NO3/c1-11(13(16)14(2)9-10-15)17-12-7-5-3-4-6-8-12/h11-12,15H,3-10H2,1-2H3. The third kappa shape index (κ3) is 5.04. The van der Waals surface area contributed by atoms with Gasteiger partial charge in [-0.05, 0) is 19.8 Å². The van der Waals surface area contributed by atoms with Crippen LogP contribution in [0.2, 0.25) is 0 Å². The molecule has 0 heterocycles. The zero-order valence-electron chi connectivity index (χ0n) is 11.0. The Hall–Kier alpha value is -0.610. The van der Waals surface area contributed by atoms with Crippen molar-refractivity contribution in [1.29, 1.82) is 0 Å². The van der Waals surface area contributed by atoms with Crippen LogP contribution in [0.5, 0.6) is 0 Å². The molecule has 0 aliphatic heterocycles. The molecule has 1 atom stereocenters. The first-order valence-electron chi connectivity index (χ1n) is 6.66. The summed E-state index contributed by atoms with van der Waals surface area (Å²) in [6, 6.07) is 0. The molecule has 0 radical (unpaired) electrons. The Kier molecular flexibility index (Phi) is 6.52. The average molecular weight is 243 g/mol. The lowest BCUT2D eigenvalue weighted by Gasteiger charge is -2.24. The van der Waals surface area contributed by atoms with E-state index in [1.54, 1.807) is 14.0 Å². The highest BCUT2D eigenvalue weighted by atomic mass is 16.5. The van der Waals surface area contributed by atoms with Crippen molar-refractivity contribution in [3.05, 3.63) is 0 Å². The summed E-state index contributed by atoms with van der Waals surface area (Å²) in [5, 5.41) is 8.79. The molecule has 1 rings (SSSR count). The zero-order chi connectivity index (χ0) is 12.7. The first-order chi connectivity index (χ1) is 8.15. The Bertz CT molecular complexity index is 225. The molecule has 0 saturated heterocycles. The van der Waals surface area contributed by atoms with Crippen LogP contribution < -0.4 is 0 Å². The van der Waals surface area contributed by atoms with E-state index in [0.717, 1.165) is 12.8 Å². The number of carbonyl (C=O) groups excluding carboxylic acids is 1. The molecule has 1 N–H and O–H groups in total. The summed E-state index contributed by atoms with van der Waals surface area (Å²) < 4.78 is 5.83. The number of nitrogens with zero attached hydrogens (tertiary/aromatic N) is 1. The number of hydrogen-bond acceptors (Lipinski definition) is 3. The lowest BCUT2D eigenvalue weighted by atomic mass is 10.1.